The number of carbonyl (C=O) groups is 1. The van der Waals surface area contributed by atoms with Gasteiger partial charge in [-0.3, -0.25) is 4.79 Å². The first-order valence-corrected chi connectivity index (χ1v) is 9.15. The fraction of sp³-hybridized carbons (Fsp3) is 0.125. The average Bonchev–Trinajstić information content (AvgIpc) is 3.31. The third-order valence-corrected chi connectivity index (χ3v) is 4.48. The summed E-state index contributed by atoms with van der Waals surface area (Å²) in [7, 11) is 0. The van der Waals surface area contributed by atoms with E-state index in [2.05, 4.69) is 26.0 Å². The summed E-state index contributed by atoms with van der Waals surface area (Å²) in [6.07, 6.45) is 3.15. The molecule has 1 amide bonds. The van der Waals surface area contributed by atoms with Crippen LogP contribution in [0.1, 0.15) is 11.3 Å². The molecule has 27 heavy (non-hydrogen) atoms. The number of anilines is 1. The molecule has 2 aromatic heterocycles. The van der Waals surface area contributed by atoms with Crippen molar-refractivity contribution in [2.75, 3.05) is 17.0 Å². The molecule has 0 aliphatic rings. The molecule has 9 nitrogen and oxygen atoms in total. The van der Waals surface area contributed by atoms with Crippen LogP contribution in [0.5, 0.6) is 0 Å². The van der Waals surface area contributed by atoms with Crippen LogP contribution in [0.3, 0.4) is 0 Å². The van der Waals surface area contributed by atoms with Gasteiger partial charge >= 0.3 is 0 Å². The number of furan rings is 1. The largest absolute Gasteiger partial charge is 0.467 e. The van der Waals surface area contributed by atoms with Crippen LogP contribution in [0.4, 0.5) is 5.95 Å². The van der Waals surface area contributed by atoms with E-state index in [1.54, 1.807) is 36.7 Å². The number of thioether (sulfide) groups is 1. The number of carbonyl (C=O) groups excluding carboxylic acids is 1. The first-order chi connectivity index (χ1) is 13.1. The first-order valence-electron chi connectivity index (χ1n) is 7.79. The van der Waals surface area contributed by atoms with E-state index in [4.69, 9.17) is 21.9 Å². The van der Waals surface area contributed by atoms with Gasteiger partial charge in [-0.1, -0.05) is 35.5 Å². The summed E-state index contributed by atoms with van der Waals surface area (Å²) in [4.78, 5) is 11.9. The van der Waals surface area contributed by atoms with Crippen LogP contribution < -0.4 is 16.6 Å². The summed E-state index contributed by atoms with van der Waals surface area (Å²) < 4.78 is 6.37. The molecule has 0 atom stereocenters. The Bertz CT molecular complexity index is 910. The molecule has 0 spiro atoms. The molecule has 1 aromatic carbocycles. The van der Waals surface area contributed by atoms with Gasteiger partial charge in [0.1, 0.15) is 5.76 Å². The first kappa shape index (κ1) is 18.8. The van der Waals surface area contributed by atoms with Gasteiger partial charge in [0, 0.05) is 5.02 Å². The maximum Gasteiger partial charge on any atom is 0.264 e. The summed E-state index contributed by atoms with van der Waals surface area (Å²) >= 11 is 6.99. The fourth-order valence-electron chi connectivity index (χ4n) is 1.95. The summed E-state index contributed by atoms with van der Waals surface area (Å²) in [5.74, 6) is 6.81. The molecule has 0 unspecified atom stereocenters. The lowest BCUT2D eigenvalue weighted by Crippen LogP contribution is -2.24. The van der Waals surface area contributed by atoms with Gasteiger partial charge in [-0.15, -0.1) is 10.2 Å². The predicted octanol–water partition coefficient (Wildman–Crippen LogP) is 2.09. The summed E-state index contributed by atoms with van der Waals surface area (Å²) in [6.45, 7) is 0.327. The van der Waals surface area contributed by atoms with E-state index in [1.807, 2.05) is 12.1 Å². The number of halogens is 1. The second kappa shape index (κ2) is 9.10. The quantitative estimate of drug-likeness (QED) is 0.227. The number of amides is 1. The van der Waals surface area contributed by atoms with Crippen molar-refractivity contribution in [2.45, 2.75) is 11.7 Å². The number of hydrazone groups is 1. The Kier molecular flexibility index (Phi) is 6.34. The molecule has 0 aliphatic heterocycles. The number of nitrogens with one attached hydrogen (secondary N) is 2. The summed E-state index contributed by atoms with van der Waals surface area (Å²) in [5, 5.41) is 15.7. The third kappa shape index (κ3) is 5.50. The lowest BCUT2D eigenvalue weighted by molar-refractivity contribution is -0.118. The minimum Gasteiger partial charge on any atom is -0.467 e. The van der Waals surface area contributed by atoms with E-state index >= 15 is 0 Å². The molecule has 3 aromatic rings. The van der Waals surface area contributed by atoms with E-state index in [1.165, 1.54) is 4.68 Å². The zero-order chi connectivity index (χ0) is 19.1. The summed E-state index contributed by atoms with van der Waals surface area (Å²) in [5.41, 5.74) is 3.56. The number of nitrogen functional groups attached to an aromatic ring is 1. The Labute approximate surface area is 163 Å². The SMILES string of the molecule is Nn1c(N/N=C/c2ccc(Cl)cc2)nnc1SCC(=O)NCc1ccco1. The van der Waals surface area contributed by atoms with Gasteiger partial charge in [-0.05, 0) is 29.8 Å². The Morgan fingerprint density at radius 2 is 2.15 bits per heavy atom. The number of nitrogens with two attached hydrogens (primary N) is 1. The van der Waals surface area contributed by atoms with Crippen molar-refractivity contribution < 1.29 is 9.21 Å². The molecule has 140 valence electrons. The minimum absolute atomic E-state index is 0.143. The highest BCUT2D eigenvalue weighted by atomic mass is 35.5. The second-order valence-electron chi connectivity index (χ2n) is 5.24. The highest BCUT2D eigenvalue weighted by molar-refractivity contribution is 7.99. The van der Waals surface area contributed by atoms with E-state index < -0.39 is 0 Å². The monoisotopic (exact) mass is 405 g/mol. The standard InChI is InChI=1S/C16H16ClN7O2S/c17-12-5-3-11(4-6-12)8-20-21-15-22-23-16(24(15)18)27-10-14(25)19-9-13-2-1-7-26-13/h1-8H,9-10,18H2,(H,19,25)(H,21,22)/b20-8+. The molecule has 0 aliphatic carbocycles. The average molecular weight is 406 g/mol. The molecule has 0 fully saturated rings. The van der Waals surface area contributed by atoms with Crippen molar-refractivity contribution in [3.8, 4) is 0 Å². The molecular formula is C16H16ClN7O2S. The van der Waals surface area contributed by atoms with Crippen LogP contribution in [0.2, 0.25) is 5.02 Å². The minimum atomic E-state index is -0.172. The maximum absolute atomic E-state index is 11.9. The Morgan fingerprint density at radius 1 is 1.33 bits per heavy atom. The van der Waals surface area contributed by atoms with Gasteiger partial charge in [0.15, 0.2) is 0 Å². The van der Waals surface area contributed by atoms with Crippen molar-refractivity contribution in [2.24, 2.45) is 5.10 Å². The van der Waals surface area contributed by atoms with Crippen molar-refractivity contribution >= 4 is 41.4 Å². The molecule has 2 heterocycles. The number of hydrogen-bond donors (Lipinski definition) is 3. The summed E-state index contributed by atoms with van der Waals surface area (Å²) in [6, 6.07) is 10.7. The van der Waals surface area contributed by atoms with Gasteiger partial charge < -0.3 is 15.6 Å². The van der Waals surface area contributed by atoms with E-state index in [0.29, 0.717) is 22.5 Å². The van der Waals surface area contributed by atoms with Gasteiger partial charge in [-0.25, -0.2) is 10.1 Å². The number of benzene rings is 1. The molecule has 0 radical (unpaired) electrons. The van der Waals surface area contributed by atoms with Crippen LogP contribution >= 0.6 is 23.4 Å². The molecule has 11 heteroatoms. The van der Waals surface area contributed by atoms with E-state index in [9.17, 15) is 4.79 Å². The van der Waals surface area contributed by atoms with Crippen molar-refractivity contribution in [3.63, 3.8) is 0 Å². The Morgan fingerprint density at radius 3 is 2.89 bits per heavy atom. The lowest BCUT2D eigenvalue weighted by atomic mass is 10.2. The molecule has 0 bridgehead atoms. The Balaban J connectivity index is 1.47. The molecular weight excluding hydrogens is 390 g/mol. The fourth-order valence-corrected chi connectivity index (χ4v) is 2.76. The number of nitrogens with zero attached hydrogens (tertiary/aromatic N) is 4. The van der Waals surface area contributed by atoms with Crippen molar-refractivity contribution in [1.29, 1.82) is 0 Å². The van der Waals surface area contributed by atoms with Gasteiger partial charge in [0.2, 0.25) is 11.1 Å². The maximum atomic E-state index is 11.9. The van der Waals surface area contributed by atoms with Crippen molar-refractivity contribution in [1.82, 2.24) is 20.2 Å². The molecule has 3 rings (SSSR count). The molecule has 4 N–H and O–H groups in total. The third-order valence-electron chi connectivity index (χ3n) is 3.28. The van der Waals surface area contributed by atoms with Crippen LogP contribution in [0.25, 0.3) is 0 Å². The van der Waals surface area contributed by atoms with Crippen LogP contribution in [0, 0.1) is 0 Å². The normalized spacial score (nSPS) is 11.0. The zero-order valence-electron chi connectivity index (χ0n) is 14.0. The predicted molar refractivity (Wildman–Crippen MR) is 104 cm³/mol. The van der Waals surface area contributed by atoms with Crippen molar-refractivity contribution in [3.05, 3.63) is 59.0 Å². The topological polar surface area (TPSA) is 123 Å². The zero-order valence-corrected chi connectivity index (χ0v) is 15.6. The highest BCUT2D eigenvalue weighted by Crippen LogP contribution is 2.16. The smallest absolute Gasteiger partial charge is 0.264 e. The van der Waals surface area contributed by atoms with E-state index in [0.717, 1.165) is 17.3 Å². The van der Waals surface area contributed by atoms with Crippen LogP contribution in [-0.2, 0) is 11.3 Å². The molecule has 0 saturated heterocycles. The number of hydrogen-bond acceptors (Lipinski definition) is 8. The van der Waals surface area contributed by atoms with Gasteiger partial charge in [-0.2, -0.15) is 5.10 Å². The van der Waals surface area contributed by atoms with Crippen LogP contribution in [0.15, 0.2) is 57.3 Å². The number of aromatic nitrogens is 3. The van der Waals surface area contributed by atoms with Gasteiger partial charge in [0.25, 0.3) is 5.95 Å². The molecule has 0 saturated carbocycles. The highest BCUT2D eigenvalue weighted by Gasteiger charge is 2.12. The van der Waals surface area contributed by atoms with E-state index in [-0.39, 0.29) is 17.6 Å². The second-order valence-corrected chi connectivity index (χ2v) is 6.62. The lowest BCUT2D eigenvalue weighted by Gasteiger charge is -2.04. The Hall–Kier alpha value is -2.98. The van der Waals surface area contributed by atoms with Crippen LogP contribution in [-0.4, -0.2) is 32.7 Å². The number of rotatable bonds is 8. The van der Waals surface area contributed by atoms with Gasteiger partial charge in [0.05, 0.1) is 24.8 Å².